The van der Waals surface area contributed by atoms with E-state index in [1.165, 1.54) is 6.07 Å². The van der Waals surface area contributed by atoms with Gasteiger partial charge < -0.3 is 15.2 Å². The molecule has 0 amide bonds. The van der Waals surface area contributed by atoms with Crippen LogP contribution in [-0.4, -0.2) is 19.8 Å². The molecule has 3 nitrogen and oxygen atoms in total. The van der Waals surface area contributed by atoms with Gasteiger partial charge in [0, 0.05) is 12.6 Å². The minimum Gasteiger partial charge on any atom is -0.492 e. The van der Waals surface area contributed by atoms with E-state index in [9.17, 15) is 4.39 Å². The van der Waals surface area contributed by atoms with E-state index in [4.69, 9.17) is 15.2 Å². The van der Waals surface area contributed by atoms with Gasteiger partial charge in [-0.3, -0.25) is 0 Å². The lowest BCUT2D eigenvalue weighted by Crippen LogP contribution is -2.10. The summed E-state index contributed by atoms with van der Waals surface area (Å²) in [7, 11) is 0. The predicted molar refractivity (Wildman–Crippen MR) is 52.1 cm³/mol. The maximum absolute atomic E-state index is 13.2. The highest BCUT2D eigenvalue weighted by Crippen LogP contribution is 2.22. The lowest BCUT2D eigenvalue weighted by Gasteiger charge is -2.07. The average Bonchev–Trinajstić information content (AvgIpc) is 2.19. The second-order valence-corrected chi connectivity index (χ2v) is 2.66. The monoisotopic (exact) mass is 199 g/mol. The largest absolute Gasteiger partial charge is 0.492 e. The fraction of sp³-hybridized carbons (Fsp3) is 0.400. The van der Waals surface area contributed by atoms with Crippen molar-refractivity contribution in [3.05, 3.63) is 24.0 Å². The Kier molecular flexibility index (Phi) is 4.19. The standard InChI is InChI=1S/C10H14FNO2/c1-2-13-10-4-3-8(7-9(10)11)14-6-5-12/h3-4,7H,2,5-6,12H2,1H3. The molecule has 1 aromatic carbocycles. The van der Waals surface area contributed by atoms with E-state index in [1.807, 2.05) is 0 Å². The molecule has 1 aromatic rings. The van der Waals surface area contributed by atoms with Gasteiger partial charge in [0.2, 0.25) is 0 Å². The van der Waals surface area contributed by atoms with E-state index in [0.29, 0.717) is 25.5 Å². The van der Waals surface area contributed by atoms with Gasteiger partial charge in [0.05, 0.1) is 6.61 Å². The molecule has 0 aromatic heterocycles. The van der Waals surface area contributed by atoms with Gasteiger partial charge in [-0.2, -0.15) is 0 Å². The Balaban J connectivity index is 2.68. The summed E-state index contributed by atoms with van der Waals surface area (Å²) in [5, 5.41) is 0. The van der Waals surface area contributed by atoms with E-state index in [2.05, 4.69) is 0 Å². The van der Waals surface area contributed by atoms with E-state index in [-0.39, 0.29) is 5.75 Å². The third-order valence-corrected chi connectivity index (χ3v) is 1.59. The molecular formula is C10H14FNO2. The zero-order valence-electron chi connectivity index (χ0n) is 8.13. The van der Waals surface area contributed by atoms with Crippen LogP contribution in [0.3, 0.4) is 0 Å². The maximum Gasteiger partial charge on any atom is 0.168 e. The normalized spacial score (nSPS) is 9.93. The molecular weight excluding hydrogens is 185 g/mol. The van der Waals surface area contributed by atoms with Crippen LogP contribution < -0.4 is 15.2 Å². The lowest BCUT2D eigenvalue weighted by atomic mass is 10.3. The Morgan fingerprint density at radius 1 is 1.36 bits per heavy atom. The van der Waals surface area contributed by atoms with Crippen LogP contribution in [0.2, 0.25) is 0 Å². The van der Waals surface area contributed by atoms with Gasteiger partial charge >= 0.3 is 0 Å². The molecule has 0 aliphatic carbocycles. The first-order valence-electron chi connectivity index (χ1n) is 4.53. The number of ether oxygens (including phenoxy) is 2. The van der Waals surface area contributed by atoms with Crippen LogP contribution in [0.15, 0.2) is 18.2 Å². The maximum atomic E-state index is 13.2. The van der Waals surface area contributed by atoms with Crippen molar-refractivity contribution in [3.8, 4) is 11.5 Å². The molecule has 0 saturated heterocycles. The lowest BCUT2D eigenvalue weighted by molar-refractivity contribution is 0.310. The molecule has 0 spiro atoms. The molecule has 0 unspecified atom stereocenters. The molecule has 0 atom stereocenters. The van der Waals surface area contributed by atoms with E-state index in [1.54, 1.807) is 19.1 Å². The minimum absolute atomic E-state index is 0.243. The van der Waals surface area contributed by atoms with Crippen LogP contribution in [-0.2, 0) is 0 Å². The zero-order chi connectivity index (χ0) is 10.4. The highest BCUT2D eigenvalue weighted by Gasteiger charge is 2.04. The Morgan fingerprint density at radius 3 is 2.71 bits per heavy atom. The second-order valence-electron chi connectivity index (χ2n) is 2.66. The minimum atomic E-state index is -0.415. The van der Waals surface area contributed by atoms with Crippen molar-refractivity contribution < 1.29 is 13.9 Å². The fourth-order valence-electron chi connectivity index (χ4n) is 1.02. The van der Waals surface area contributed by atoms with Gasteiger partial charge in [0.1, 0.15) is 12.4 Å². The Hall–Kier alpha value is -1.29. The average molecular weight is 199 g/mol. The quantitative estimate of drug-likeness (QED) is 0.782. The fourth-order valence-corrected chi connectivity index (χ4v) is 1.02. The predicted octanol–water partition coefficient (Wildman–Crippen LogP) is 1.56. The molecule has 2 N–H and O–H groups in total. The smallest absolute Gasteiger partial charge is 0.168 e. The number of nitrogens with two attached hydrogens (primary N) is 1. The Bertz CT molecular complexity index is 291. The van der Waals surface area contributed by atoms with Gasteiger partial charge in [-0.1, -0.05) is 0 Å². The summed E-state index contributed by atoms with van der Waals surface area (Å²) >= 11 is 0. The molecule has 78 valence electrons. The number of halogens is 1. The summed E-state index contributed by atoms with van der Waals surface area (Å²) in [6.07, 6.45) is 0. The van der Waals surface area contributed by atoms with E-state index >= 15 is 0 Å². The number of benzene rings is 1. The molecule has 0 radical (unpaired) electrons. The first-order valence-corrected chi connectivity index (χ1v) is 4.53. The third-order valence-electron chi connectivity index (χ3n) is 1.59. The molecule has 0 fully saturated rings. The summed E-state index contributed by atoms with van der Waals surface area (Å²) in [5.74, 6) is 0.297. The van der Waals surface area contributed by atoms with Crippen molar-refractivity contribution in [2.45, 2.75) is 6.92 Å². The second kappa shape index (κ2) is 5.44. The summed E-state index contributed by atoms with van der Waals surface area (Å²) in [5.41, 5.74) is 5.25. The topological polar surface area (TPSA) is 44.5 Å². The van der Waals surface area contributed by atoms with Gasteiger partial charge in [0.15, 0.2) is 11.6 Å². The van der Waals surface area contributed by atoms with Crippen LogP contribution >= 0.6 is 0 Å². The third kappa shape index (κ3) is 2.88. The van der Waals surface area contributed by atoms with Crippen molar-refractivity contribution in [2.75, 3.05) is 19.8 Å². The number of hydrogen-bond acceptors (Lipinski definition) is 3. The van der Waals surface area contributed by atoms with E-state index in [0.717, 1.165) is 0 Å². The molecule has 0 bridgehead atoms. The van der Waals surface area contributed by atoms with Crippen LogP contribution in [0, 0.1) is 5.82 Å². The highest BCUT2D eigenvalue weighted by molar-refractivity contribution is 5.33. The molecule has 0 saturated carbocycles. The summed E-state index contributed by atoms with van der Waals surface area (Å²) in [6, 6.07) is 4.50. The SMILES string of the molecule is CCOc1ccc(OCCN)cc1F. The van der Waals surface area contributed by atoms with Crippen LogP contribution in [0.1, 0.15) is 6.92 Å². The Labute approximate surface area is 82.6 Å². The van der Waals surface area contributed by atoms with Crippen molar-refractivity contribution in [3.63, 3.8) is 0 Å². The first kappa shape index (κ1) is 10.8. The molecule has 4 heteroatoms. The van der Waals surface area contributed by atoms with E-state index < -0.39 is 5.82 Å². The van der Waals surface area contributed by atoms with Crippen molar-refractivity contribution >= 4 is 0 Å². The van der Waals surface area contributed by atoms with Gasteiger partial charge in [-0.25, -0.2) is 4.39 Å². The number of hydrogen-bond donors (Lipinski definition) is 1. The Morgan fingerprint density at radius 2 is 2.14 bits per heavy atom. The molecule has 0 heterocycles. The zero-order valence-corrected chi connectivity index (χ0v) is 8.13. The summed E-state index contributed by atoms with van der Waals surface area (Å²) < 4.78 is 23.4. The molecule has 14 heavy (non-hydrogen) atoms. The van der Waals surface area contributed by atoms with Crippen LogP contribution in [0.25, 0.3) is 0 Å². The first-order chi connectivity index (χ1) is 6.77. The van der Waals surface area contributed by atoms with Gasteiger partial charge in [-0.05, 0) is 19.1 Å². The highest BCUT2D eigenvalue weighted by atomic mass is 19.1. The number of rotatable bonds is 5. The summed E-state index contributed by atoms with van der Waals surface area (Å²) in [4.78, 5) is 0. The van der Waals surface area contributed by atoms with Crippen LogP contribution in [0.5, 0.6) is 11.5 Å². The van der Waals surface area contributed by atoms with Gasteiger partial charge in [-0.15, -0.1) is 0 Å². The van der Waals surface area contributed by atoms with Gasteiger partial charge in [0.25, 0.3) is 0 Å². The molecule has 1 rings (SSSR count). The van der Waals surface area contributed by atoms with Crippen LogP contribution in [0.4, 0.5) is 4.39 Å². The van der Waals surface area contributed by atoms with Crippen molar-refractivity contribution in [2.24, 2.45) is 5.73 Å². The summed E-state index contributed by atoms with van der Waals surface area (Å²) in [6.45, 7) is 3.04. The molecule has 0 aliphatic rings. The van der Waals surface area contributed by atoms with Crippen molar-refractivity contribution in [1.82, 2.24) is 0 Å². The van der Waals surface area contributed by atoms with Crippen molar-refractivity contribution in [1.29, 1.82) is 0 Å². The molecule has 0 aliphatic heterocycles.